The first-order valence-electron chi connectivity index (χ1n) is 11.1. The number of alkyl halides is 2. The molecule has 2 aliphatic rings. The highest BCUT2D eigenvalue weighted by atomic mass is 35.5. The van der Waals surface area contributed by atoms with Crippen molar-refractivity contribution >= 4 is 52.0 Å². The average Bonchev–Trinajstić information content (AvgIpc) is 3.59. The van der Waals surface area contributed by atoms with Crippen molar-refractivity contribution in [1.82, 2.24) is 10.2 Å². The molecule has 0 bridgehead atoms. The summed E-state index contributed by atoms with van der Waals surface area (Å²) in [6, 6.07) is 6.73. The fourth-order valence-corrected chi connectivity index (χ4v) is 4.85. The van der Waals surface area contributed by atoms with Gasteiger partial charge in [0.2, 0.25) is 5.91 Å². The summed E-state index contributed by atoms with van der Waals surface area (Å²) >= 11 is 7.02. The first kappa shape index (κ1) is 25.5. The zero-order valence-corrected chi connectivity index (χ0v) is 20.5. The predicted molar refractivity (Wildman–Crippen MR) is 129 cm³/mol. The smallest absolute Gasteiger partial charge is 0.265 e. The van der Waals surface area contributed by atoms with Crippen LogP contribution in [0.5, 0.6) is 0 Å². The summed E-state index contributed by atoms with van der Waals surface area (Å²) in [6.45, 7) is 0.460. The molecule has 2 fully saturated rings. The molecule has 0 radical (unpaired) electrons. The molecule has 188 valence electrons. The fourth-order valence-electron chi connectivity index (χ4n) is 3.89. The first-order chi connectivity index (χ1) is 16.7. The standard InChI is InChI=1S/C23H25ClF2N4O4S/c1-29(13-2-3-13)17(11-27-23(33)18-6-7-19(24)35-18)22(32)28-16-5-4-14(10-15(16)21(25)26)30-8-9-34-12-20(30)31/h4-7,10,13,17,21H,2-3,8-9,11-12H2,1H3,(H,27,33)(H,28,32)/t17-/m1/s1. The Morgan fingerprint density at radius 1 is 1.29 bits per heavy atom. The number of morpholine rings is 1. The van der Waals surface area contributed by atoms with Crippen LogP contribution in [-0.4, -0.2) is 68.1 Å². The molecule has 0 unspecified atom stereocenters. The van der Waals surface area contributed by atoms with Crippen LogP contribution in [0.3, 0.4) is 0 Å². The minimum absolute atomic E-state index is 0.00242. The molecule has 1 saturated carbocycles. The van der Waals surface area contributed by atoms with Crippen LogP contribution in [0.2, 0.25) is 4.34 Å². The molecule has 0 spiro atoms. The average molecular weight is 527 g/mol. The van der Waals surface area contributed by atoms with Crippen molar-refractivity contribution in [3.8, 4) is 0 Å². The monoisotopic (exact) mass is 526 g/mol. The molecule has 12 heteroatoms. The van der Waals surface area contributed by atoms with Crippen molar-refractivity contribution in [2.24, 2.45) is 0 Å². The number of carbonyl (C=O) groups excluding carboxylic acids is 3. The van der Waals surface area contributed by atoms with Crippen molar-refractivity contribution in [2.45, 2.75) is 31.4 Å². The van der Waals surface area contributed by atoms with Gasteiger partial charge in [-0.05, 0) is 50.2 Å². The van der Waals surface area contributed by atoms with Crippen LogP contribution in [0.15, 0.2) is 30.3 Å². The van der Waals surface area contributed by atoms with Crippen molar-refractivity contribution in [2.75, 3.05) is 43.6 Å². The maximum atomic E-state index is 13.9. The van der Waals surface area contributed by atoms with Gasteiger partial charge in [0.1, 0.15) is 12.6 Å². The Hall–Kier alpha value is -2.60. The minimum Gasteiger partial charge on any atom is -0.370 e. The molecule has 1 atom stereocenters. The van der Waals surface area contributed by atoms with Gasteiger partial charge in [-0.3, -0.25) is 19.3 Å². The van der Waals surface area contributed by atoms with Crippen molar-refractivity contribution in [3.05, 3.63) is 45.1 Å². The second kappa shape index (κ2) is 11.0. The topological polar surface area (TPSA) is 91.0 Å². The van der Waals surface area contributed by atoms with E-state index in [1.54, 1.807) is 19.2 Å². The van der Waals surface area contributed by atoms with Gasteiger partial charge in [0.05, 0.1) is 15.8 Å². The van der Waals surface area contributed by atoms with E-state index in [2.05, 4.69) is 10.6 Å². The van der Waals surface area contributed by atoms with Crippen LogP contribution in [0.4, 0.5) is 20.2 Å². The van der Waals surface area contributed by atoms with Crippen LogP contribution in [0.25, 0.3) is 0 Å². The number of carbonyl (C=O) groups is 3. The summed E-state index contributed by atoms with van der Waals surface area (Å²) in [5.74, 6) is -1.19. The van der Waals surface area contributed by atoms with Gasteiger partial charge in [-0.15, -0.1) is 11.3 Å². The molecule has 2 aromatic rings. The molecule has 2 N–H and O–H groups in total. The number of amides is 3. The molecule has 1 saturated heterocycles. The van der Waals surface area contributed by atoms with Crippen molar-refractivity contribution < 1.29 is 27.9 Å². The van der Waals surface area contributed by atoms with E-state index in [0.717, 1.165) is 24.2 Å². The second-order valence-electron chi connectivity index (χ2n) is 8.39. The summed E-state index contributed by atoms with van der Waals surface area (Å²) in [4.78, 5) is 41.4. The third kappa shape index (κ3) is 6.16. The Bertz CT molecular complexity index is 1110. The normalized spacial score (nSPS) is 17.1. The van der Waals surface area contributed by atoms with Crippen LogP contribution in [0.1, 0.15) is 34.5 Å². The molecule has 4 rings (SSSR count). The third-order valence-corrected chi connectivity index (χ3v) is 7.23. The van der Waals surface area contributed by atoms with Crippen LogP contribution >= 0.6 is 22.9 Å². The lowest BCUT2D eigenvalue weighted by atomic mass is 10.1. The van der Waals surface area contributed by atoms with E-state index in [0.29, 0.717) is 21.5 Å². The molecule has 35 heavy (non-hydrogen) atoms. The summed E-state index contributed by atoms with van der Waals surface area (Å²) in [6.07, 6.45) is -1.04. The van der Waals surface area contributed by atoms with E-state index in [1.165, 1.54) is 23.1 Å². The summed E-state index contributed by atoms with van der Waals surface area (Å²) < 4.78 is 33.4. The Balaban J connectivity index is 1.50. The van der Waals surface area contributed by atoms with E-state index in [-0.39, 0.29) is 48.8 Å². The van der Waals surface area contributed by atoms with Gasteiger partial charge in [-0.25, -0.2) is 8.78 Å². The van der Waals surface area contributed by atoms with E-state index < -0.39 is 18.4 Å². The van der Waals surface area contributed by atoms with Gasteiger partial charge in [-0.2, -0.15) is 0 Å². The Kier molecular flexibility index (Phi) is 8.00. The van der Waals surface area contributed by atoms with Crippen LogP contribution in [0, 0.1) is 0 Å². The van der Waals surface area contributed by atoms with Crippen molar-refractivity contribution in [3.63, 3.8) is 0 Å². The predicted octanol–water partition coefficient (Wildman–Crippen LogP) is 3.53. The van der Waals surface area contributed by atoms with Gasteiger partial charge in [0, 0.05) is 36.1 Å². The highest BCUT2D eigenvalue weighted by molar-refractivity contribution is 7.18. The van der Waals surface area contributed by atoms with Crippen LogP contribution in [-0.2, 0) is 14.3 Å². The second-order valence-corrected chi connectivity index (χ2v) is 10.1. The van der Waals surface area contributed by atoms with Gasteiger partial charge in [0.25, 0.3) is 18.2 Å². The van der Waals surface area contributed by atoms with Crippen molar-refractivity contribution in [1.29, 1.82) is 0 Å². The summed E-state index contributed by atoms with van der Waals surface area (Å²) in [5.41, 5.74) is -0.111. The number of hydrogen-bond acceptors (Lipinski definition) is 6. The molecule has 1 aliphatic carbocycles. The number of rotatable bonds is 9. The number of halogens is 3. The zero-order valence-electron chi connectivity index (χ0n) is 18.9. The number of thiophene rings is 1. The van der Waals surface area contributed by atoms with Gasteiger partial charge < -0.3 is 20.3 Å². The number of anilines is 2. The Morgan fingerprint density at radius 3 is 2.69 bits per heavy atom. The lowest BCUT2D eigenvalue weighted by Gasteiger charge is -2.29. The van der Waals surface area contributed by atoms with E-state index >= 15 is 0 Å². The number of nitrogens with one attached hydrogen (secondary N) is 2. The molecule has 1 aromatic carbocycles. The number of hydrogen-bond donors (Lipinski definition) is 2. The van der Waals surface area contributed by atoms with Crippen LogP contribution < -0.4 is 15.5 Å². The Morgan fingerprint density at radius 2 is 2.06 bits per heavy atom. The zero-order chi connectivity index (χ0) is 25.1. The quantitative estimate of drug-likeness (QED) is 0.521. The Labute approximate surface area is 210 Å². The van der Waals surface area contributed by atoms with Gasteiger partial charge in [-0.1, -0.05) is 11.6 Å². The van der Waals surface area contributed by atoms with E-state index in [9.17, 15) is 23.2 Å². The number of likely N-dealkylation sites (N-methyl/N-ethyl adjacent to an activating group) is 1. The largest absolute Gasteiger partial charge is 0.370 e. The fraction of sp³-hybridized carbons (Fsp3) is 0.435. The van der Waals surface area contributed by atoms with Gasteiger partial charge in [0.15, 0.2) is 0 Å². The highest BCUT2D eigenvalue weighted by Gasteiger charge is 2.35. The third-order valence-electron chi connectivity index (χ3n) is 6.00. The minimum atomic E-state index is -2.87. The van der Waals surface area contributed by atoms with Gasteiger partial charge >= 0.3 is 0 Å². The number of benzene rings is 1. The SMILES string of the molecule is CN(C1CC1)[C@H](CNC(=O)c1ccc(Cl)s1)C(=O)Nc1ccc(N2CCOCC2=O)cc1C(F)F. The first-order valence-corrected chi connectivity index (χ1v) is 12.3. The molecule has 1 aromatic heterocycles. The maximum Gasteiger partial charge on any atom is 0.265 e. The molecular formula is C23H25ClF2N4O4S. The molecule has 1 aliphatic heterocycles. The lowest BCUT2D eigenvalue weighted by Crippen LogP contribution is -2.50. The maximum absolute atomic E-state index is 13.9. The molecular weight excluding hydrogens is 502 g/mol. The number of ether oxygens (including phenoxy) is 1. The summed E-state index contributed by atoms with van der Waals surface area (Å²) in [5, 5.41) is 5.35. The molecule has 2 heterocycles. The van der Waals surface area contributed by atoms with E-state index in [1.807, 2.05) is 4.90 Å². The summed E-state index contributed by atoms with van der Waals surface area (Å²) in [7, 11) is 1.78. The highest BCUT2D eigenvalue weighted by Crippen LogP contribution is 2.33. The molecule has 3 amide bonds. The number of nitrogens with zero attached hydrogens (tertiary/aromatic N) is 2. The molecule has 8 nitrogen and oxygen atoms in total. The van der Waals surface area contributed by atoms with E-state index in [4.69, 9.17) is 16.3 Å². The lowest BCUT2D eigenvalue weighted by molar-refractivity contribution is -0.125.